The summed E-state index contributed by atoms with van der Waals surface area (Å²) in [6.45, 7) is 12.0. The Morgan fingerprint density at radius 2 is 1.66 bits per heavy atom. The van der Waals surface area contributed by atoms with E-state index in [1.165, 1.54) is 51.4 Å². The molecule has 0 aromatic rings. The molecule has 0 aromatic heterocycles. The lowest BCUT2D eigenvalue weighted by atomic mass is 9.44. The van der Waals surface area contributed by atoms with Crippen molar-refractivity contribution in [2.75, 3.05) is 0 Å². The quantitative estimate of drug-likeness (QED) is 0.436. The van der Waals surface area contributed by atoms with E-state index < -0.39 is 5.97 Å². The van der Waals surface area contributed by atoms with Crippen LogP contribution < -0.4 is 0 Å². The van der Waals surface area contributed by atoms with Crippen LogP contribution in [0.3, 0.4) is 0 Å². The van der Waals surface area contributed by atoms with Crippen molar-refractivity contribution in [1.29, 1.82) is 0 Å². The molecular formula is C29H50O3. The van der Waals surface area contributed by atoms with Crippen LogP contribution in [0.2, 0.25) is 0 Å². The number of aliphatic carboxylic acids is 1. The molecule has 3 nitrogen and oxygen atoms in total. The summed E-state index contributed by atoms with van der Waals surface area (Å²) in [5.74, 6) is 4.12. The van der Waals surface area contributed by atoms with Gasteiger partial charge in [0.25, 0.3) is 0 Å². The molecule has 0 spiro atoms. The van der Waals surface area contributed by atoms with Gasteiger partial charge in [-0.3, -0.25) is 4.79 Å². The zero-order chi connectivity index (χ0) is 23.3. The summed E-state index contributed by atoms with van der Waals surface area (Å²) in [5, 5.41) is 20.7. The second-order valence-corrected chi connectivity index (χ2v) is 13.4. The fourth-order valence-electron chi connectivity index (χ4n) is 9.80. The second kappa shape index (κ2) is 9.23. The molecule has 0 saturated heterocycles. The summed E-state index contributed by atoms with van der Waals surface area (Å²) in [4.78, 5) is 11.3. The summed E-state index contributed by atoms with van der Waals surface area (Å²) < 4.78 is 0. The molecule has 4 rings (SSSR count). The summed E-state index contributed by atoms with van der Waals surface area (Å²) in [5.41, 5.74) is 0.827. The third kappa shape index (κ3) is 4.18. The van der Waals surface area contributed by atoms with Gasteiger partial charge in [0.1, 0.15) is 0 Å². The minimum Gasteiger partial charge on any atom is -0.481 e. The Kier molecular flexibility index (Phi) is 7.08. The minimum atomic E-state index is -0.650. The van der Waals surface area contributed by atoms with Crippen LogP contribution in [0.4, 0.5) is 0 Å². The molecule has 0 aromatic carbocycles. The fourth-order valence-corrected chi connectivity index (χ4v) is 9.80. The van der Waals surface area contributed by atoms with Crippen LogP contribution in [0.1, 0.15) is 112 Å². The van der Waals surface area contributed by atoms with Gasteiger partial charge in [-0.05, 0) is 110 Å². The van der Waals surface area contributed by atoms with Gasteiger partial charge < -0.3 is 10.2 Å². The van der Waals surface area contributed by atoms with E-state index >= 15 is 0 Å². The van der Waals surface area contributed by atoms with Crippen LogP contribution in [0, 0.1) is 58.2 Å². The van der Waals surface area contributed by atoms with Crippen molar-refractivity contribution >= 4 is 5.97 Å². The zero-order valence-electron chi connectivity index (χ0n) is 21.5. The lowest BCUT2D eigenvalue weighted by Crippen LogP contribution is -2.57. The Labute approximate surface area is 197 Å². The standard InChI is InChI=1S/C29H50O3/c1-18(2)20(16-26(31)32)10-9-19(3)22-11-12-23-27-24(13-15-29(22,23)5)28(4)14-7-6-8-21(28)17-25(27)30/h18-25,27,30H,6-17H2,1-5H3,(H,31,32)/t19?,20?,21?,22-,23?,24?,25-,27?,28+,29-/m1/s1. The first kappa shape index (κ1) is 24.6. The van der Waals surface area contributed by atoms with E-state index in [-0.39, 0.29) is 6.10 Å². The number of carbonyl (C=O) groups is 1. The van der Waals surface area contributed by atoms with Gasteiger partial charge in [-0.1, -0.05) is 53.9 Å². The Balaban J connectivity index is 1.46. The van der Waals surface area contributed by atoms with Crippen molar-refractivity contribution in [3.8, 4) is 0 Å². The van der Waals surface area contributed by atoms with E-state index in [0.29, 0.717) is 46.8 Å². The number of fused-ring (bicyclic) bond motifs is 5. The molecule has 4 aliphatic carbocycles. The van der Waals surface area contributed by atoms with Crippen molar-refractivity contribution in [3.63, 3.8) is 0 Å². The highest BCUT2D eigenvalue weighted by Gasteiger charge is 2.62. The number of rotatable bonds is 7. The minimum absolute atomic E-state index is 0.0873. The summed E-state index contributed by atoms with van der Waals surface area (Å²) in [6.07, 6.45) is 14.2. The van der Waals surface area contributed by atoms with Crippen LogP contribution in [0.5, 0.6) is 0 Å². The maximum Gasteiger partial charge on any atom is 0.303 e. The number of hydrogen-bond donors (Lipinski definition) is 2. The SMILES string of the molecule is CC(C)C(CCC(C)[C@H]1CCC2C3C(CC[C@@]21C)[C@@]1(C)CCCCC1C[C@H]3O)CC(=O)O. The molecule has 6 unspecified atom stereocenters. The van der Waals surface area contributed by atoms with Crippen LogP contribution in [0.25, 0.3) is 0 Å². The normalized spacial score (nSPS) is 45.6. The Morgan fingerprint density at radius 3 is 2.34 bits per heavy atom. The molecule has 3 heteroatoms. The van der Waals surface area contributed by atoms with Crippen molar-refractivity contribution in [1.82, 2.24) is 0 Å². The maximum atomic E-state index is 11.4. The lowest BCUT2D eigenvalue weighted by molar-refractivity contribution is -0.164. The van der Waals surface area contributed by atoms with Crippen molar-refractivity contribution < 1.29 is 15.0 Å². The van der Waals surface area contributed by atoms with Gasteiger partial charge >= 0.3 is 5.97 Å². The lowest BCUT2D eigenvalue weighted by Gasteiger charge is -2.62. The third-order valence-corrected chi connectivity index (χ3v) is 11.7. The van der Waals surface area contributed by atoms with E-state index in [0.717, 1.165) is 37.0 Å². The first-order valence-corrected chi connectivity index (χ1v) is 14.0. The molecular weight excluding hydrogens is 396 g/mol. The van der Waals surface area contributed by atoms with E-state index in [4.69, 9.17) is 0 Å². The van der Waals surface area contributed by atoms with Crippen molar-refractivity contribution in [2.24, 2.45) is 58.2 Å². The van der Waals surface area contributed by atoms with Gasteiger partial charge in [0.2, 0.25) is 0 Å². The van der Waals surface area contributed by atoms with E-state index in [1.54, 1.807) is 0 Å². The van der Waals surface area contributed by atoms with E-state index in [2.05, 4.69) is 34.6 Å². The Hall–Kier alpha value is -0.570. The molecule has 0 amide bonds. The molecule has 2 N–H and O–H groups in total. The van der Waals surface area contributed by atoms with Gasteiger partial charge in [-0.25, -0.2) is 0 Å². The molecule has 0 radical (unpaired) electrons. The number of hydrogen-bond acceptors (Lipinski definition) is 2. The molecule has 4 fully saturated rings. The van der Waals surface area contributed by atoms with Crippen molar-refractivity contribution in [2.45, 2.75) is 118 Å². The fraction of sp³-hybridized carbons (Fsp3) is 0.966. The number of carboxylic acids is 1. The van der Waals surface area contributed by atoms with Gasteiger partial charge in [0, 0.05) is 6.42 Å². The Bertz CT molecular complexity index is 673. The molecule has 0 bridgehead atoms. The van der Waals surface area contributed by atoms with E-state index in [9.17, 15) is 15.0 Å². The molecule has 0 aliphatic heterocycles. The first-order valence-electron chi connectivity index (χ1n) is 14.0. The predicted molar refractivity (Wildman–Crippen MR) is 130 cm³/mol. The highest BCUT2D eigenvalue weighted by molar-refractivity contribution is 5.67. The maximum absolute atomic E-state index is 11.4. The third-order valence-electron chi connectivity index (χ3n) is 11.7. The summed E-state index contributed by atoms with van der Waals surface area (Å²) in [7, 11) is 0. The Morgan fingerprint density at radius 1 is 0.938 bits per heavy atom. The molecule has 10 atom stereocenters. The van der Waals surface area contributed by atoms with Crippen LogP contribution in [-0.2, 0) is 4.79 Å². The monoisotopic (exact) mass is 446 g/mol. The average molecular weight is 447 g/mol. The van der Waals surface area contributed by atoms with Crippen LogP contribution in [0.15, 0.2) is 0 Å². The number of carboxylic acid groups (broad SMARTS) is 1. The predicted octanol–water partition coefficient (Wildman–Crippen LogP) is 7.17. The molecule has 4 aliphatic rings. The summed E-state index contributed by atoms with van der Waals surface area (Å²) >= 11 is 0. The molecule has 184 valence electrons. The topological polar surface area (TPSA) is 57.5 Å². The van der Waals surface area contributed by atoms with E-state index in [1.807, 2.05) is 0 Å². The summed E-state index contributed by atoms with van der Waals surface area (Å²) in [6, 6.07) is 0. The smallest absolute Gasteiger partial charge is 0.303 e. The highest BCUT2D eigenvalue weighted by Crippen LogP contribution is 2.68. The largest absolute Gasteiger partial charge is 0.481 e. The number of aliphatic hydroxyl groups is 1. The van der Waals surface area contributed by atoms with Gasteiger partial charge in [0.15, 0.2) is 0 Å². The van der Waals surface area contributed by atoms with Gasteiger partial charge in [-0.15, -0.1) is 0 Å². The van der Waals surface area contributed by atoms with Crippen LogP contribution in [-0.4, -0.2) is 22.3 Å². The zero-order valence-corrected chi connectivity index (χ0v) is 21.5. The van der Waals surface area contributed by atoms with Crippen LogP contribution >= 0.6 is 0 Å². The van der Waals surface area contributed by atoms with Gasteiger partial charge in [0.05, 0.1) is 6.10 Å². The van der Waals surface area contributed by atoms with Crippen molar-refractivity contribution in [3.05, 3.63) is 0 Å². The average Bonchev–Trinajstić information content (AvgIpc) is 3.08. The number of aliphatic hydroxyl groups excluding tert-OH is 1. The molecule has 32 heavy (non-hydrogen) atoms. The molecule has 0 heterocycles. The highest BCUT2D eigenvalue weighted by atomic mass is 16.4. The second-order valence-electron chi connectivity index (χ2n) is 13.4. The van der Waals surface area contributed by atoms with Gasteiger partial charge in [-0.2, -0.15) is 0 Å². The first-order chi connectivity index (χ1) is 15.1. The molecule has 4 saturated carbocycles.